The lowest BCUT2D eigenvalue weighted by Crippen LogP contribution is -2.58. The van der Waals surface area contributed by atoms with Gasteiger partial charge in [0.25, 0.3) is 0 Å². The van der Waals surface area contributed by atoms with Crippen LogP contribution >= 0.6 is 0 Å². The molecule has 12 aromatic rings. The minimum atomic E-state index is -2.00. The molecule has 0 atom stereocenters. The zero-order chi connectivity index (χ0) is 48.3. The minimum Gasteiger partial charge on any atom is -0.311 e. The van der Waals surface area contributed by atoms with Crippen LogP contribution in [-0.4, -0.2) is 16.1 Å². The molecule has 0 aromatic heterocycles. The number of rotatable bonds is 5. The first-order valence-corrected chi connectivity index (χ1v) is 31.3. The first kappa shape index (κ1) is 42.6. The van der Waals surface area contributed by atoms with Crippen molar-refractivity contribution in [1.82, 2.24) is 0 Å². The Balaban J connectivity index is 1.08. The summed E-state index contributed by atoms with van der Waals surface area (Å²) in [6.07, 6.45) is 0. The van der Waals surface area contributed by atoms with Crippen LogP contribution in [0, 0.1) is 0 Å². The molecule has 0 saturated heterocycles. The fourth-order valence-corrected chi connectivity index (χ4v) is 18.5. The van der Waals surface area contributed by atoms with E-state index in [2.05, 4.69) is 279 Å². The van der Waals surface area contributed by atoms with Crippen molar-refractivity contribution in [3.63, 3.8) is 0 Å². The fraction of sp³-hybridized carbons (Fsp3) is 0.0588. The van der Waals surface area contributed by atoms with Crippen LogP contribution in [0.15, 0.2) is 243 Å². The molecule has 12 aromatic carbocycles. The van der Waals surface area contributed by atoms with Gasteiger partial charge >= 0.3 is 0 Å². The maximum absolute atomic E-state index is 2.54. The van der Waals surface area contributed by atoms with Crippen LogP contribution in [0.1, 0.15) is 0 Å². The Hall–Kier alpha value is -8.29. The monoisotopic (exact) mass is 952 g/mol. The normalized spacial score (nSPS) is 14.3. The van der Waals surface area contributed by atoms with Gasteiger partial charge in [-0.05, 0) is 164 Å². The lowest BCUT2D eigenvalue weighted by Gasteiger charge is -2.41. The van der Waals surface area contributed by atoms with Crippen LogP contribution in [0.25, 0.3) is 76.5 Å². The number of nitrogens with zero attached hydrogens (tertiary/aromatic N) is 2. The van der Waals surface area contributed by atoms with Gasteiger partial charge < -0.3 is 9.80 Å². The molecule has 2 aliphatic rings. The van der Waals surface area contributed by atoms with Gasteiger partial charge in [0.2, 0.25) is 0 Å². The van der Waals surface area contributed by atoms with Gasteiger partial charge in [-0.3, -0.25) is 0 Å². The Bertz CT molecular complexity index is 4090. The van der Waals surface area contributed by atoms with Crippen molar-refractivity contribution < 1.29 is 0 Å². The van der Waals surface area contributed by atoms with E-state index in [4.69, 9.17) is 0 Å². The molecule has 0 N–H and O–H groups in total. The molecule has 0 bridgehead atoms. The molecule has 2 heterocycles. The third-order valence-electron chi connectivity index (χ3n) is 16.1. The maximum atomic E-state index is 2.54. The van der Waals surface area contributed by atoms with Crippen molar-refractivity contribution in [3.8, 4) is 33.4 Å². The van der Waals surface area contributed by atoms with Gasteiger partial charge in [0, 0.05) is 34.1 Å². The van der Waals surface area contributed by atoms with Crippen molar-refractivity contribution in [2.75, 3.05) is 9.80 Å². The van der Waals surface area contributed by atoms with E-state index in [1.807, 2.05) is 0 Å². The summed E-state index contributed by atoms with van der Waals surface area (Å²) in [6.45, 7) is 10.0. The van der Waals surface area contributed by atoms with Crippen LogP contribution in [-0.2, 0) is 0 Å². The highest BCUT2D eigenvalue weighted by Crippen LogP contribution is 2.50. The second-order valence-corrected chi connectivity index (χ2v) is 29.6. The van der Waals surface area contributed by atoms with E-state index in [-0.39, 0.29) is 0 Å². The molecule has 0 fully saturated rings. The summed E-state index contributed by atoms with van der Waals surface area (Å²) in [5.41, 5.74) is 14.8. The van der Waals surface area contributed by atoms with Gasteiger partial charge in [-0.2, -0.15) is 0 Å². The fourth-order valence-electron chi connectivity index (χ4n) is 12.6. The smallest absolute Gasteiger partial charge is 0.117 e. The van der Waals surface area contributed by atoms with E-state index in [0.29, 0.717) is 0 Å². The second kappa shape index (κ2) is 16.1. The first-order chi connectivity index (χ1) is 35.2. The number of anilines is 6. The molecule has 342 valence electrons. The quantitative estimate of drug-likeness (QED) is 0.125. The third kappa shape index (κ3) is 6.46. The molecule has 2 aliphatic heterocycles. The zero-order valence-corrected chi connectivity index (χ0v) is 43.0. The Morgan fingerprint density at radius 1 is 0.250 bits per heavy atom. The van der Waals surface area contributed by atoms with Crippen molar-refractivity contribution in [1.29, 1.82) is 0 Å². The molecule has 0 amide bonds. The molecule has 72 heavy (non-hydrogen) atoms. The van der Waals surface area contributed by atoms with E-state index < -0.39 is 16.1 Å². The highest BCUT2D eigenvalue weighted by atomic mass is 28.3. The molecular weight excluding hydrogens is 901 g/mol. The average Bonchev–Trinajstić information content (AvgIpc) is 3.42. The standard InChI is InChI=1S/C68H52N2Si2/c1-71(2)63-26-14-10-22-59(63)69(60-23-11-15-27-64(60)71)53-37-39-56-57(43-53)67(51-34-30-46-20-8-9-21-47(46)41-51)55-38-36-54(70-61-24-12-16-28-65(61)72(3,4)66-29-17-13-25-62(66)70)44-58(55)68(56)52-35-33-49-40-48(31-32-50(49)42-52)45-18-6-5-7-19-45/h5-44H,1-4H3. The van der Waals surface area contributed by atoms with Gasteiger partial charge in [-0.1, -0.05) is 202 Å². The highest BCUT2D eigenvalue weighted by Gasteiger charge is 2.40. The summed E-state index contributed by atoms with van der Waals surface area (Å²) in [5, 5.41) is 15.7. The van der Waals surface area contributed by atoms with E-state index in [0.717, 1.165) is 11.4 Å². The molecule has 2 nitrogen and oxygen atoms in total. The molecule has 0 spiro atoms. The Morgan fingerprint density at radius 2 is 0.597 bits per heavy atom. The predicted molar refractivity (Wildman–Crippen MR) is 316 cm³/mol. The largest absolute Gasteiger partial charge is 0.311 e. The SMILES string of the molecule is C[Si]1(C)c2ccccc2N(c2ccc3c(-c4ccc5cc(-c6ccccc6)ccc5c4)c4cc(N5c6ccccc6[Si](C)(C)c6ccccc65)ccc4c(-c4ccc5ccccc5c4)c3c2)c2ccccc21. The average molecular weight is 953 g/mol. The van der Waals surface area contributed by atoms with Gasteiger partial charge in [0.1, 0.15) is 16.1 Å². The van der Waals surface area contributed by atoms with Crippen LogP contribution in [0.5, 0.6) is 0 Å². The number of para-hydroxylation sites is 4. The number of hydrogen-bond acceptors (Lipinski definition) is 2. The summed E-state index contributed by atoms with van der Waals surface area (Å²) in [6, 6.07) is 91.8. The van der Waals surface area contributed by atoms with Gasteiger partial charge in [0.15, 0.2) is 0 Å². The Labute approximate surface area is 423 Å². The molecule has 0 unspecified atom stereocenters. The Kier molecular flexibility index (Phi) is 9.54. The van der Waals surface area contributed by atoms with E-state index in [1.54, 1.807) is 0 Å². The van der Waals surface area contributed by atoms with Crippen LogP contribution in [0.4, 0.5) is 34.1 Å². The summed E-state index contributed by atoms with van der Waals surface area (Å²) in [5.74, 6) is 0. The van der Waals surface area contributed by atoms with E-state index in [1.165, 1.54) is 120 Å². The number of fused-ring (bicyclic) bond motifs is 8. The topological polar surface area (TPSA) is 6.48 Å². The van der Waals surface area contributed by atoms with Crippen molar-refractivity contribution in [2.45, 2.75) is 26.2 Å². The maximum Gasteiger partial charge on any atom is 0.117 e. The molecular formula is C68H52N2Si2. The lowest BCUT2D eigenvalue weighted by atomic mass is 9.84. The number of hydrogen-bond donors (Lipinski definition) is 0. The lowest BCUT2D eigenvalue weighted by molar-refractivity contribution is 1.29. The van der Waals surface area contributed by atoms with Crippen molar-refractivity contribution in [2.24, 2.45) is 0 Å². The van der Waals surface area contributed by atoms with Gasteiger partial charge in [-0.15, -0.1) is 0 Å². The van der Waals surface area contributed by atoms with Crippen LogP contribution < -0.4 is 30.5 Å². The van der Waals surface area contributed by atoms with Gasteiger partial charge in [0.05, 0.1) is 0 Å². The van der Waals surface area contributed by atoms with Crippen molar-refractivity contribution >= 4 is 114 Å². The predicted octanol–water partition coefficient (Wildman–Crippen LogP) is 16.5. The Morgan fingerprint density at radius 3 is 1.06 bits per heavy atom. The molecule has 14 rings (SSSR count). The number of benzene rings is 12. The summed E-state index contributed by atoms with van der Waals surface area (Å²) >= 11 is 0. The molecule has 4 heteroatoms. The highest BCUT2D eigenvalue weighted by molar-refractivity contribution is 7.03. The summed E-state index contributed by atoms with van der Waals surface area (Å²) < 4.78 is 0. The minimum absolute atomic E-state index is 1.16. The van der Waals surface area contributed by atoms with Crippen LogP contribution in [0.2, 0.25) is 26.2 Å². The first-order valence-electron chi connectivity index (χ1n) is 25.3. The molecule has 0 radical (unpaired) electrons. The zero-order valence-electron chi connectivity index (χ0n) is 41.0. The summed E-state index contributed by atoms with van der Waals surface area (Å²) in [4.78, 5) is 5.08. The van der Waals surface area contributed by atoms with E-state index in [9.17, 15) is 0 Å². The van der Waals surface area contributed by atoms with Gasteiger partial charge in [-0.25, -0.2) is 0 Å². The second-order valence-electron chi connectivity index (χ2n) is 20.9. The molecule has 0 saturated carbocycles. The van der Waals surface area contributed by atoms with Crippen molar-refractivity contribution in [3.05, 3.63) is 243 Å². The molecule has 0 aliphatic carbocycles. The third-order valence-corrected chi connectivity index (χ3v) is 23.2. The van der Waals surface area contributed by atoms with E-state index >= 15 is 0 Å². The van der Waals surface area contributed by atoms with Crippen LogP contribution in [0.3, 0.4) is 0 Å². The summed E-state index contributed by atoms with van der Waals surface area (Å²) in [7, 11) is -4.00.